The average Bonchev–Trinajstić information content (AvgIpc) is 2.16. The van der Waals surface area contributed by atoms with E-state index < -0.39 is 0 Å². The first-order valence-corrected chi connectivity index (χ1v) is 5.97. The van der Waals surface area contributed by atoms with Crippen LogP contribution in [0.25, 0.3) is 0 Å². The maximum Gasteiger partial charge on any atom is 0.290 e. The maximum absolute atomic E-state index is 11.4. The minimum Gasteiger partial charge on any atom is -0.355 e. The van der Waals surface area contributed by atoms with Crippen LogP contribution in [0.1, 0.15) is 12.8 Å². The van der Waals surface area contributed by atoms with Crippen LogP contribution in [-0.2, 0) is 0 Å². The van der Waals surface area contributed by atoms with Crippen LogP contribution in [0.3, 0.4) is 0 Å². The Labute approximate surface area is 96.8 Å². The van der Waals surface area contributed by atoms with E-state index in [-0.39, 0.29) is 5.56 Å². The summed E-state index contributed by atoms with van der Waals surface area (Å²) in [5.74, 6) is 1.19. The number of alkyl halides is 1. The molecule has 1 aromatic heterocycles. The molecule has 0 unspecified atom stereocenters. The first kappa shape index (κ1) is 10.7. The van der Waals surface area contributed by atoms with Crippen molar-refractivity contribution >= 4 is 21.7 Å². The van der Waals surface area contributed by atoms with Crippen molar-refractivity contribution in [2.75, 3.05) is 18.5 Å². The average molecular weight is 272 g/mol. The van der Waals surface area contributed by atoms with Gasteiger partial charge in [0, 0.05) is 30.8 Å². The lowest BCUT2D eigenvalue weighted by Gasteiger charge is -2.34. The van der Waals surface area contributed by atoms with E-state index in [4.69, 9.17) is 0 Å². The topological polar surface area (TPSA) is 49.0 Å². The van der Waals surface area contributed by atoms with Crippen LogP contribution in [0.5, 0.6) is 0 Å². The summed E-state index contributed by atoms with van der Waals surface area (Å²) in [6.45, 7) is 0.905. The van der Waals surface area contributed by atoms with Gasteiger partial charge in [0.15, 0.2) is 5.82 Å². The second-order valence-electron chi connectivity index (χ2n) is 4.06. The Kier molecular flexibility index (Phi) is 3.09. The molecular formula is C10H14BrN3O. The maximum atomic E-state index is 11.4. The van der Waals surface area contributed by atoms with E-state index in [0.29, 0.717) is 16.6 Å². The van der Waals surface area contributed by atoms with Gasteiger partial charge in [0.2, 0.25) is 0 Å². The van der Waals surface area contributed by atoms with E-state index in [1.165, 1.54) is 12.8 Å². The highest BCUT2D eigenvalue weighted by Crippen LogP contribution is 2.33. The van der Waals surface area contributed by atoms with E-state index in [1.54, 1.807) is 12.4 Å². The summed E-state index contributed by atoms with van der Waals surface area (Å²) in [6, 6.07) is 0. The highest BCUT2D eigenvalue weighted by Gasteiger charge is 2.28. The van der Waals surface area contributed by atoms with Gasteiger partial charge >= 0.3 is 0 Å². The molecule has 0 radical (unpaired) electrons. The highest BCUT2D eigenvalue weighted by atomic mass is 79.9. The summed E-state index contributed by atoms with van der Waals surface area (Å²) in [5.41, 5.74) is -0.116. The Morgan fingerprint density at radius 3 is 3.00 bits per heavy atom. The molecule has 2 rings (SSSR count). The third kappa shape index (κ3) is 2.40. The molecule has 1 aromatic rings. The van der Waals surface area contributed by atoms with Gasteiger partial charge in [-0.1, -0.05) is 15.9 Å². The Hall–Kier alpha value is -0.840. The molecule has 0 spiro atoms. The molecule has 0 saturated heterocycles. The van der Waals surface area contributed by atoms with Crippen LogP contribution in [-0.4, -0.2) is 28.4 Å². The van der Waals surface area contributed by atoms with Crippen LogP contribution in [0.4, 0.5) is 5.82 Å². The van der Waals surface area contributed by atoms with Crippen molar-refractivity contribution in [1.82, 2.24) is 9.97 Å². The highest BCUT2D eigenvalue weighted by molar-refractivity contribution is 9.09. The van der Waals surface area contributed by atoms with E-state index in [1.807, 2.05) is 11.9 Å². The van der Waals surface area contributed by atoms with Gasteiger partial charge in [0.25, 0.3) is 5.56 Å². The summed E-state index contributed by atoms with van der Waals surface area (Å²) in [7, 11) is 1.92. The number of H-pyrrole nitrogens is 1. The minimum absolute atomic E-state index is 0.116. The van der Waals surface area contributed by atoms with Gasteiger partial charge in [-0.25, -0.2) is 4.98 Å². The number of halogens is 1. The van der Waals surface area contributed by atoms with Crippen molar-refractivity contribution in [3.05, 3.63) is 22.7 Å². The third-order valence-electron chi connectivity index (χ3n) is 2.76. The molecule has 0 aromatic carbocycles. The molecule has 1 fully saturated rings. The lowest BCUT2D eigenvalue weighted by Crippen LogP contribution is -2.37. The summed E-state index contributed by atoms with van der Waals surface area (Å²) in [5, 5.41) is 0. The van der Waals surface area contributed by atoms with E-state index >= 15 is 0 Å². The SMILES string of the molecule is CN(CC1CC(Br)C1)c1ncc[nH]c1=O. The van der Waals surface area contributed by atoms with Gasteiger partial charge in [-0.05, 0) is 18.8 Å². The fourth-order valence-corrected chi connectivity index (χ4v) is 2.95. The van der Waals surface area contributed by atoms with E-state index in [9.17, 15) is 4.79 Å². The van der Waals surface area contributed by atoms with Crippen molar-refractivity contribution in [2.24, 2.45) is 5.92 Å². The Bertz CT molecular complexity index is 386. The fourth-order valence-electron chi connectivity index (χ4n) is 1.89. The van der Waals surface area contributed by atoms with Crippen molar-refractivity contribution in [2.45, 2.75) is 17.7 Å². The van der Waals surface area contributed by atoms with E-state index in [2.05, 4.69) is 25.9 Å². The largest absolute Gasteiger partial charge is 0.355 e. The summed E-state index contributed by atoms with van der Waals surface area (Å²) < 4.78 is 0. The Morgan fingerprint density at radius 1 is 1.67 bits per heavy atom. The van der Waals surface area contributed by atoms with Crippen molar-refractivity contribution in [3.63, 3.8) is 0 Å². The van der Waals surface area contributed by atoms with Gasteiger partial charge < -0.3 is 9.88 Å². The lowest BCUT2D eigenvalue weighted by molar-refractivity contribution is 0.338. The Morgan fingerprint density at radius 2 is 2.40 bits per heavy atom. The molecule has 4 nitrogen and oxygen atoms in total. The lowest BCUT2D eigenvalue weighted by atomic mass is 9.85. The van der Waals surface area contributed by atoms with Crippen molar-refractivity contribution < 1.29 is 0 Å². The molecule has 1 heterocycles. The number of nitrogens with one attached hydrogen (secondary N) is 1. The van der Waals surface area contributed by atoms with Gasteiger partial charge in [0.05, 0.1) is 0 Å². The second kappa shape index (κ2) is 4.35. The molecule has 82 valence electrons. The zero-order valence-electron chi connectivity index (χ0n) is 8.61. The van der Waals surface area contributed by atoms with Gasteiger partial charge in [-0.15, -0.1) is 0 Å². The molecule has 0 bridgehead atoms. The normalized spacial score (nSPS) is 24.7. The first-order chi connectivity index (χ1) is 7.16. The zero-order valence-corrected chi connectivity index (χ0v) is 10.2. The molecule has 1 aliphatic rings. The zero-order chi connectivity index (χ0) is 10.8. The molecule has 1 N–H and O–H groups in total. The molecule has 15 heavy (non-hydrogen) atoms. The summed E-state index contributed by atoms with van der Waals surface area (Å²) in [4.78, 5) is 20.8. The molecule has 0 aliphatic heterocycles. The van der Waals surface area contributed by atoms with Crippen LogP contribution >= 0.6 is 15.9 Å². The van der Waals surface area contributed by atoms with E-state index in [0.717, 1.165) is 6.54 Å². The van der Waals surface area contributed by atoms with Crippen molar-refractivity contribution in [3.8, 4) is 0 Å². The van der Waals surface area contributed by atoms with Gasteiger partial charge in [0.1, 0.15) is 0 Å². The fraction of sp³-hybridized carbons (Fsp3) is 0.600. The molecule has 1 saturated carbocycles. The molecule has 0 amide bonds. The van der Waals surface area contributed by atoms with Crippen molar-refractivity contribution in [1.29, 1.82) is 0 Å². The van der Waals surface area contributed by atoms with Crippen LogP contribution in [0, 0.1) is 5.92 Å². The van der Waals surface area contributed by atoms with Gasteiger partial charge in [-0.3, -0.25) is 4.79 Å². The monoisotopic (exact) mass is 271 g/mol. The number of nitrogens with zero attached hydrogens (tertiary/aromatic N) is 2. The predicted molar refractivity (Wildman–Crippen MR) is 63.6 cm³/mol. The molecule has 5 heteroatoms. The summed E-state index contributed by atoms with van der Waals surface area (Å²) in [6.07, 6.45) is 5.54. The number of anilines is 1. The number of aromatic nitrogens is 2. The summed E-state index contributed by atoms with van der Waals surface area (Å²) >= 11 is 3.56. The standard InChI is InChI=1S/C10H14BrN3O/c1-14(6-7-4-8(11)5-7)9-10(15)13-3-2-12-9/h2-3,7-8H,4-6H2,1H3,(H,13,15). The van der Waals surface area contributed by atoms with Gasteiger partial charge in [-0.2, -0.15) is 0 Å². The third-order valence-corrected chi connectivity index (χ3v) is 3.51. The molecule has 1 aliphatic carbocycles. The number of hydrogen-bond acceptors (Lipinski definition) is 3. The smallest absolute Gasteiger partial charge is 0.290 e. The second-order valence-corrected chi connectivity index (χ2v) is 5.35. The quantitative estimate of drug-likeness (QED) is 0.846. The minimum atomic E-state index is -0.116. The predicted octanol–water partition coefficient (Wildman–Crippen LogP) is 1.38. The van der Waals surface area contributed by atoms with Crippen LogP contribution < -0.4 is 10.5 Å². The molecule has 0 atom stereocenters. The number of rotatable bonds is 3. The number of hydrogen-bond donors (Lipinski definition) is 1. The van der Waals surface area contributed by atoms with Crippen LogP contribution in [0.15, 0.2) is 17.2 Å². The first-order valence-electron chi connectivity index (χ1n) is 5.05. The van der Waals surface area contributed by atoms with Crippen LogP contribution in [0.2, 0.25) is 0 Å². The Balaban J connectivity index is 1.99. The molecular weight excluding hydrogens is 258 g/mol. The number of aromatic amines is 1.